The summed E-state index contributed by atoms with van der Waals surface area (Å²) < 4.78 is 0. The summed E-state index contributed by atoms with van der Waals surface area (Å²) in [5, 5.41) is 10.6. The van der Waals surface area contributed by atoms with Crippen LogP contribution < -0.4 is 0 Å². The van der Waals surface area contributed by atoms with Crippen LogP contribution in [0.5, 0.6) is 0 Å². The summed E-state index contributed by atoms with van der Waals surface area (Å²) >= 11 is 0. The van der Waals surface area contributed by atoms with Gasteiger partial charge in [0.05, 0.1) is 0 Å². The van der Waals surface area contributed by atoms with Crippen LogP contribution in [-0.2, 0) is 5.41 Å². The molecule has 0 bridgehead atoms. The van der Waals surface area contributed by atoms with Gasteiger partial charge in [-0.1, -0.05) is 141 Å². The van der Waals surface area contributed by atoms with Gasteiger partial charge in [-0.2, -0.15) is 0 Å². The smallest absolute Gasteiger partial charge is 0.0165 e. The molecule has 0 atom stereocenters. The molecule has 0 nitrogen and oxygen atoms in total. The summed E-state index contributed by atoms with van der Waals surface area (Å²) in [5.41, 5.74) is 10.7. The van der Waals surface area contributed by atoms with E-state index in [-0.39, 0.29) is 5.41 Å². The molecule has 0 radical (unpaired) electrons. The minimum atomic E-state index is -0.0174. The fourth-order valence-corrected chi connectivity index (χ4v) is 7.72. The molecule has 1 aliphatic carbocycles. The van der Waals surface area contributed by atoms with Gasteiger partial charge in [-0.15, -0.1) is 0 Å². The van der Waals surface area contributed by atoms with E-state index in [1.54, 1.807) is 0 Å². The first kappa shape index (κ1) is 22.8. The Kier molecular flexibility index (Phi) is 4.49. The Balaban J connectivity index is 1.27. The zero-order chi connectivity index (χ0) is 27.3. The zero-order valence-corrected chi connectivity index (χ0v) is 23.2. The van der Waals surface area contributed by atoms with Gasteiger partial charge in [0, 0.05) is 5.41 Å². The maximum absolute atomic E-state index is 2.40. The van der Waals surface area contributed by atoms with E-state index >= 15 is 0 Å². The molecule has 8 aromatic rings. The van der Waals surface area contributed by atoms with Crippen molar-refractivity contribution < 1.29 is 0 Å². The highest BCUT2D eigenvalue weighted by atomic mass is 14.4. The van der Waals surface area contributed by atoms with Gasteiger partial charge in [-0.05, 0) is 93.7 Å². The van der Waals surface area contributed by atoms with Crippen molar-refractivity contribution in [2.24, 2.45) is 0 Å². The second-order valence-corrected chi connectivity index (χ2v) is 12.1. The zero-order valence-electron chi connectivity index (χ0n) is 23.2. The molecular formula is C41H28. The number of benzene rings is 8. The van der Waals surface area contributed by atoms with E-state index in [1.807, 2.05) is 0 Å². The maximum Gasteiger partial charge on any atom is 0.0165 e. The molecule has 0 spiro atoms. The summed E-state index contributed by atoms with van der Waals surface area (Å²) in [5.74, 6) is 0. The largest absolute Gasteiger partial charge is 0.0622 e. The van der Waals surface area contributed by atoms with E-state index in [1.165, 1.54) is 87.6 Å². The van der Waals surface area contributed by atoms with Crippen LogP contribution in [0.3, 0.4) is 0 Å². The SMILES string of the molecule is CC1(C)c2ccccc2-c2ccc3cc(-c4ccc5ccc6c(-c7ccccc7)ccc7ccc4c5c76)ccc3c21. The normalized spacial score (nSPS) is 13.8. The van der Waals surface area contributed by atoms with E-state index in [0.717, 1.165) is 0 Å². The Labute approximate surface area is 239 Å². The Morgan fingerprint density at radius 1 is 0.390 bits per heavy atom. The van der Waals surface area contributed by atoms with E-state index in [0.29, 0.717) is 0 Å². The molecule has 0 amide bonds. The molecule has 0 aromatic heterocycles. The van der Waals surface area contributed by atoms with Crippen molar-refractivity contribution in [3.8, 4) is 33.4 Å². The van der Waals surface area contributed by atoms with Crippen LogP contribution in [0.15, 0.2) is 133 Å². The number of hydrogen-bond acceptors (Lipinski definition) is 0. The van der Waals surface area contributed by atoms with Crippen LogP contribution in [0, 0.1) is 0 Å². The summed E-state index contributed by atoms with van der Waals surface area (Å²) in [6, 6.07) is 49.8. The van der Waals surface area contributed by atoms with E-state index in [9.17, 15) is 0 Å². The molecule has 0 fully saturated rings. The monoisotopic (exact) mass is 520 g/mol. The highest BCUT2D eigenvalue weighted by Gasteiger charge is 2.36. The summed E-state index contributed by atoms with van der Waals surface area (Å²) in [4.78, 5) is 0. The molecule has 0 saturated carbocycles. The quantitative estimate of drug-likeness (QED) is 0.199. The molecule has 8 aromatic carbocycles. The van der Waals surface area contributed by atoms with Gasteiger partial charge in [-0.3, -0.25) is 0 Å². The van der Waals surface area contributed by atoms with Crippen LogP contribution >= 0.6 is 0 Å². The molecular weight excluding hydrogens is 492 g/mol. The third-order valence-electron chi connectivity index (χ3n) is 9.60. The van der Waals surface area contributed by atoms with Crippen molar-refractivity contribution in [1.82, 2.24) is 0 Å². The third-order valence-corrected chi connectivity index (χ3v) is 9.60. The maximum atomic E-state index is 2.40. The van der Waals surface area contributed by atoms with Gasteiger partial charge in [0.25, 0.3) is 0 Å². The second-order valence-electron chi connectivity index (χ2n) is 12.1. The summed E-state index contributed by atoms with van der Waals surface area (Å²) in [7, 11) is 0. The number of hydrogen-bond donors (Lipinski definition) is 0. The van der Waals surface area contributed by atoms with Gasteiger partial charge in [0.2, 0.25) is 0 Å². The summed E-state index contributed by atoms with van der Waals surface area (Å²) in [6.07, 6.45) is 0. The first-order valence-electron chi connectivity index (χ1n) is 14.5. The molecule has 1 aliphatic rings. The average molecular weight is 521 g/mol. The second kappa shape index (κ2) is 8.05. The fourth-order valence-electron chi connectivity index (χ4n) is 7.72. The van der Waals surface area contributed by atoms with Gasteiger partial charge >= 0.3 is 0 Å². The molecule has 41 heavy (non-hydrogen) atoms. The first-order chi connectivity index (χ1) is 20.1. The van der Waals surface area contributed by atoms with Crippen molar-refractivity contribution in [2.75, 3.05) is 0 Å². The van der Waals surface area contributed by atoms with Crippen LogP contribution in [-0.4, -0.2) is 0 Å². The number of rotatable bonds is 2. The molecule has 0 saturated heterocycles. The first-order valence-corrected chi connectivity index (χ1v) is 14.5. The lowest BCUT2D eigenvalue weighted by atomic mass is 9.80. The van der Waals surface area contributed by atoms with Crippen molar-refractivity contribution in [1.29, 1.82) is 0 Å². The van der Waals surface area contributed by atoms with Crippen molar-refractivity contribution >= 4 is 43.1 Å². The predicted molar refractivity (Wildman–Crippen MR) is 176 cm³/mol. The van der Waals surface area contributed by atoms with Crippen molar-refractivity contribution in [3.63, 3.8) is 0 Å². The number of fused-ring (bicyclic) bond motifs is 5. The summed E-state index contributed by atoms with van der Waals surface area (Å²) in [6.45, 7) is 4.74. The highest BCUT2D eigenvalue weighted by molar-refractivity contribution is 6.27. The van der Waals surface area contributed by atoms with Crippen molar-refractivity contribution in [2.45, 2.75) is 19.3 Å². The molecule has 0 heterocycles. The Bertz CT molecular complexity index is 2320. The molecule has 9 rings (SSSR count). The van der Waals surface area contributed by atoms with E-state index in [4.69, 9.17) is 0 Å². The minimum absolute atomic E-state index is 0.0174. The highest BCUT2D eigenvalue weighted by Crippen LogP contribution is 2.51. The molecule has 0 N–H and O–H groups in total. The van der Waals surface area contributed by atoms with Crippen LogP contribution in [0.25, 0.3) is 76.5 Å². The third kappa shape index (κ3) is 3.05. The van der Waals surface area contributed by atoms with Gasteiger partial charge in [-0.25, -0.2) is 0 Å². The van der Waals surface area contributed by atoms with Crippen molar-refractivity contribution in [3.05, 3.63) is 145 Å². The molecule has 0 aliphatic heterocycles. The van der Waals surface area contributed by atoms with E-state index < -0.39 is 0 Å². The van der Waals surface area contributed by atoms with Crippen LogP contribution in [0.2, 0.25) is 0 Å². The molecule has 192 valence electrons. The average Bonchev–Trinajstić information content (AvgIpc) is 3.26. The van der Waals surface area contributed by atoms with Crippen LogP contribution in [0.1, 0.15) is 25.0 Å². The van der Waals surface area contributed by atoms with Gasteiger partial charge in [0.1, 0.15) is 0 Å². The minimum Gasteiger partial charge on any atom is -0.0622 e. The lowest BCUT2D eigenvalue weighted by Crippen LogP contribution is -2.15. The lowest BCUT2D eigenvalue weighted by Gasteiger charge is -2.23. The lowest BCUT2D eigenvalue weighted by molar-refractivity contribution is 0.666. The standard InChI is InChI=1S/C41H28/c1-41(2)37-11-7-6-10-33(37)36-23-17-29-24-28(16-20-32(29)40(36)41)31-19-13-27-14-21-34-30(25-8-4-3-5-9-25)18-12-26-15-22-35(31)39(27)38(26)34/h3-24H,1-2H3. The topological polar surface area (TPSA) is 0 Å². The van der Waals surface area contributed by atoms with Gasteiger partial charge < -0.3 is 0 Å². The van der Waals surface area contributed by atoms with Gasteiger partial charge in [0.15, 0.2) is 0 Å². The Morgan fingerprint density at radius 2 is 0.951 bits per heavy atom. The molecule has 0 unspecified atom stereocenters. The molecule has 0 heteroatoms. The Morgan fingerprint density at radius 3 is 1.68 bits per heavy atom. The Hall–Kier alpha value is -4.94. The van der Waals surface area contributed by atoms with Crippen LogP contribution in [0.4, 0.5) is 0 Å². The predicted octanol–water partition coefficient (Wildman–Crippen LogP) is 11.4. The van der Waals surface area contributed by atoms with E-state index in [2.05, 4.69) is 147 Å². The fraction of sp³-hybridized carbons (Fsp3) is 0.0732.